The van der Waals surface area contributed by atoms with E-state index < -0.39 is 0 Å². The zero-order chi connectivity index (χ0) is 16.6. The zero-order valence-electron chi connectivity index (χ0n) is 14.7. The molecule has 0 aromatic rings. The van der Waals surface area contributed by atoms with Crippen molar-refractivity contribution in [2.45, 2.75) is 85.0 Å². The van der Waals surface area contributed by atoms with Gasteiger partial charge >= 0.3 is 11.9 Å². The molecule has 0 N–H and O–H groups in total. The highest BCUT2D eigenvalue weighted by molar-refractivity contribution is 5.69. The lowest BCUT2D eigenvalue weighted by Gasteiger charge is -2.13. The molecule has 0 aliphatic rings. The number of carbonyl (C=O) groups excluding carboxylic acids is 2. The molecule has 0 heterocycles. The van der Waals surface area contributed by atoms with Crippen LogP contribution < -0.4 is 0 Å². The predicted molar refractivity (Wildman–Crippen MR) is 88.6 cm³/mol. The third-order valence-corrected chi connectivity index (χ3v) is 3.89. The summed E-state index contributed by atoms with van der Waals surface area (Å²) in [5.41, 5.74) is 0. The summed E-state index contributed by atoms with van der Waals surface area (Å²) < 4.78 is 9.90. The van der Waals surface area contributed by atoms with Crippen LogP contribution in [0.15, 0.2) is 0 Å². The third-order valence-electron chi connectivity index (χ3n) is 3.89. The Labute approximate surface area is 135 Å². The van der Waals surface area contributed by atoms with E-state index in [0.717, 1.165) is 25.7 Å². The van der Waals surface area contributed by atoms with Gasteiger partial charge < -0.3 is 9.47 Å². The molecule has 4 heteroatoms. The monoisotopic (exact) mass is 314 g/mol. The van der Waals surface area contributed by atoms with E-state index in [9.17, 15) is 9.59 Å². The normalized spacial score (nSPS) is 12.0. The standard InChI is InChI=1S/C18H34O4/c1-4-16(15-18(20)22-6-3)13-11-9-7-8-10-12-14-17(19)21-5-2/h16H,4-15H2,1-3H3. The Hall–Kier alpha value is -1.06. The molecule has 0 radical (unpaired) electrons. The summed E-state index contributed by atoms with van der Waals surface area (Å²) in [6.07, 6.45) is 10.0. The van der Waals surface area contributed by atoms with E-state index in [1.165, 1.54) is 25.7 Å². The maximum absolute atomic E-state index is 11.5. The number of hydrogen-bond acceptors (Lipinski definition) is 4. The maximum atomic E-state index is 11.5. The Bertz CT molecular complexity index is 289. The van der Waals surface area contributed by atoms with Crippen molar-refractivity contribution in [2.75, 3.05) is 13.2 Å². The summed E-state index contributed by atoms with van der Waals surface area (Å²) in [6, 6.07) is 0. The van der Waals surface area contributed by atoms with Crippen LogP contribution in [0.1, 0.15) is 85.0 Å². The molecule has 130 valence electrons. The van der Waals surface area contributed by atoms with Gasteiger partial charge in [0, 0.05) is 12.8 Å². The molecule has 0 aromatic heterocycles. The van der Waals surface area contributed by atoms with Crippen LogP contribution in [0, 0.1) is 5.92 Å². The van der Waals surface area contributed by atoms with E-state index in [0.29, 0.717) is 32.0 Å². The first kappa shape index (κ1) is 20.9. The summed E-state index contributed by atoms with van der Waals surface area (Å²) in [5.74, 6) is 0.323. The number of unbranched alkanes of at least 4 members (excludes halogenated alkanes) is 5. The lowest BCUT2D eigenvalue weighted by Crippen LogP contribution is -2.11. The molecule has 1 unspecified atom stereocenters. The summed E-state index contributed by atoms with van der Waals surface area (Å²) in [4.78, 5) is 22.6. The first-order chi connectivity index (χ1) is 10.6. The van der Waals surface area contributed by atoms with Crippen molar-refractivity contribution in [2.24, 2.45) is 5.92 Å². The van der Waals surface area contributed by atoms with E-state index in [2.05, 4.69) is 6.92 Å². The van der Waals surface area contributed by atoms with Gasteiger partial charge in [-0.15, -0.1) is 0 Å². The Balaban J connectivity index is 3.47. The molecule has 22 heavy (non-hydrogen) atoms. The summed E-state index contributed by atoms with van der Waals surface area (Å²) in [5, 5.41) is 0. The van der Waals surface area contributed by atoms with Crippen molar-refractivity contribution in [1.82, 2.24) is 0 Å². The van der Waals surface area contributed by atoms with Gasteiger partial charge in [0.2, 0.25) is 0 Å². The number of hydrogen-bond donors (Lipinski definition) is 0. The molecule has 0 saturated heterocycles. The Morgan fingerprint density at radius 1 is 0.773 bits per heavy atom. The quantitative estimate of drug-likeness (QED) is 0.346. The minimum atomic E-state index is -0.0766. The van der Waals surface area contributed by atoms with Crippen LogP contribution in [0.5, 0.6) is 0 Å². The second-order valence-electron chi connectivity index (χ2n) is 5.75. The van der Waals surface area contributed by atoms with Crippen molar-refractivity contribution >= 4 is 11.9 Å². The van der Waals surface area contributed by atoms with Gasteiger partial charge in [-0.2, -0.15) is 0 Å². The van der Waals surface area contributed by atoms with Crippen molar-refractivity contribution in [3.8, 4) is 0 Å². The molecule has 0 saturated carbocycles. The number of carbonyl (C=O) groups is 2. The van der Waals surface area contributed by atoms with Gasteiger partial charge in [0.15, 0.2) is 0 Å². The van der Waals surface area contributed by atoms with E-state index in [4.69, 9.17) is 9.47 Å². The maximum Gasteiger partial charge on any atom is 0.306 e. The van der Waals surface area contributed by atoms with Gasteiger partial charge in [-0.1, -0.05) is 45.4 Å². The summed E-state index contributed by atoms with van der Waals surface area (Å²) in [6.45, 7) is 6.77. The molecular weight excluding hydrogens is 280 g/mol. The number of rotatable bonds is 14. The van der Waals surface area contributed by atoms with Crippen LogP contribution in [-0.4, -0.2) is 25.2 Å². The third kappa shape index (κ3) is 12.7. The van der Waals surface area contributed by atoms with Gasteiger partial charge in [0.1, 0.15) is 0 Å². The van der Waals surface area contributed by atoms with Gasteiger partial charge in [0.25, 0.3) is 0 Å². The fourth-order valence-corrected chi connectivity index (χ4v) is 2.55. The van der Waals surface area contributed by atoms with E-state index in [1.54, 1.807) is 0 Å². The van der Waals surface area contributed by atoms with E-state index in [-0.39, 0.29) is 11.9 Å². The average Bonchev–Trinajstić information content (AvgIpc) is 2.49. The lowest BCUT2D eigenvalue weighted by molar-refractivity contribution is -0.144. The first-order valence-electron chi connectivity index (χ1n) is 8.95. The molecule has 0 aromatic carbocycles. The van der Waals surface area contributed by atoms with Gasteiger partial charge in [-0.25, -0.2) is 0 Å². The fraction of sp³-hybridized carbons (Fsp3) is 0.889. The molecule has 0 aliphatic carbocycles. The highest BCUT2D eigenvalue weighted by atomic mass is 16.5. The molecule has 0 fully saturated rings. The van der Waals surface area contributed by atoms with Crippen LogP contribution in [0.2, 0.25) is 0 Å². The first-order valence-corrected chi connectivity index (χ1v) is 8.95. The Morgan fingerprint density at radius 2 is 1.32 bits per heavy atom. The van der Waals surface area contributed by atoms with Crippen molar-refractivity contribution in [1.29, 1.82) is 0 Å². The lowest BCUT2D eigenvalue weighted by atomic mass is 9.95. The molecule has 0 amide bonds. The highest BCUT2D eigenvalue weighted by Gasteiger charge is 2.12. The minimum Gasteiger partial charge on any atom is -0.466 e. The van der Waals surface area contributed by atoms with Crippen molar-refractivity contribution in [3.63, 3.8) is 0 Å². The second-order valence-corrected chi connectivity index (χ2v) is 5.75. The molecule has 1 atom stereocenters. The van der Waals surface area contributed by atoms with E-state index in [1.807, 2.05) is 13.8 Å². The Kier molecular flexibility index (Phi) is 14.1. The van der Waals surface area contributed by atoms with Crippen LogP contribution in [0.25, 0.3) is 0 Å². The highest BCUT2D eigenvalue weighted by Crippen LogP contribution is 2.19. The molecular formula is C18H34O4. The molecule has 0 bridgehead atoms. The SMILES string of the molecule is CCOC(=O)CCCCCCCCC(CC)CC(=O)OCC. The van der Waals surface area contributed by atoms with Gasteiger partial charge in [0.05, 0.1) is 13.2 Å². The van der Waals surface area contributed by atoms with Gasteiger partial charge in [-0.3, -0.25) is 9.59 Å². The van der Waals surface area contributed by atoms with E-state index >= 15 is 0 Å². The molecule has 0 rings (SSSR count). The number of esters is 2. The molecule has 0 spiro atoms. The largest absolute Gasteiger partial charge is 0.466 e. The second kappa shape index (κ2) is 14.9. The van der Waals surface area contributed by atoms with Crippen molar-refractivity contribution < 1.29 is 19.1 Å². The number of ether oxygens (including phenoxy) is 2. The van der Waals surface area contributed by atoms with Crippen LogP contribution >= 0.6 is 0 Å². The summed E-state index contributed by atoms with van der Waals surface area (Å²) >= 11 is 0. The predicted octanol–water partition coefficient (Wildman–Crippen LogP) is 4.65. The smallest absolute Gasteiger partial charge is 0.306 e. The van der Waals surface area contributed by atoms with Crippen LogP contribution in [-0.2, 0) is 19.1 Å². The van der Waals surface area contributed by atoms with Crippen molar-refractivity contribution in [3.05, 3.63) is 0 Å². The van der Waals surface area contributed by atoms with Gasteiger partial charge in [-0.05, 0) is 32.6 Å². The minimum absolute atomic E-state index is 0.0617. The zero-order valence-corrected chi connectivity index (χ0v) is 14.7. The average molecular weight is 314 g/mol. The summed E-state index contributed by atoms with van der Waals surface area (Å²) in [7, 11) is 0. The fourth-order valence-electron chi connectivity index (χ4n) is 2.55. The molecule has 0 aliphatic heterocycles. The van der Waals surface area contributed by atoms with Crippen LogP contribution in [0.4, 0.5) is 0 Å². The Morgan fingerprint density at radius 3 is 1.91 bits per heavy atom. The van der Waals surface area contributed by atoms with Crippen LogP contribution in [0.3, 0.4) is 0 Å². The topological polar surface area (TPSA) is 52.6 Å². The molecule has 4 nitrogen and oxygen atoms in total.